The summed E-state index contributed by atoms with van der Waals surface area (Å²) < 4.78 is 5.08. The normalized spacial score (nSPS) is 16.9. The van der Waals surface area contributed by atoms with Gasteiger partial charge in [0.05, 0.1) is 16.6 Å². The van der Waals surface area contributed by atoms with E-state index in [-0.39, 0.29) is 22.7 Å². The fourth-order valence-corrected chi connectivity index (χ4v) is 2.03. The first-order valence-electron chi connectivity index (χ1n) is 6.60. The van der Waals surface area contributed by atoms with Gasteiger partial charge in [-0.15, -0.1) is 0 Å². The van der Waals surface area contributed by atoms with Crippen molar-refractivity contribution in [3.63, 3.8) is 0 Å². The number of hydrogen-bond acceptors (Lipinski definition) is 4. The van der Waals surface area contributed by atoms with E-state index in [0.29, 0.717) is 5.56 Å². The van der Waals surface area contributed by atoms with E-state index in [1.807, 2.05) is 6.92 Å². The van der Waals surface area contributed by atoms with Crippen LogP contribution in [0.1, 0.15) is 41.7 Å². The summed E-state index contributed by atoms with van der Waals surface area (Å²) in [6, 6.07) is 4.17. The third kappa shape index (κ3) is 4.09. The van der Waals surface area contributed by atoms with E-state index < -0.39 is 18.0 Å². The lowest BCUT2D eigenvalue weighted by molar-refractivity contribution is 0.0999. The molecular weight excluding hydrogens is 294 g/mol. The van der Waals surface area contributed by atoms with Crippen molar-refractivity contribution in [1.82, 2.24) is 5.32 Å². The number of alkyl carbamates (subject to hydrolysis) is 1. The maximum atomic E-state index is 11.6. The SMILES string of the molecule is CC1(NC(=O)OC[C@@H](N)c2ccc(Cl)c(C(N)=O)c2)CC1. The van der Waals surface area contributed by atoms with Crippen molar-refractivity contribution >= 4 is 23.6 Å². The number of carbonyl (C=O) groups excluding carboxylic acids is 2. The van der Waals surface area contributed by atoms with Crippen molar-refractivity contribution in [2.75, 3.05) is 6.61 Å². The summed E-state index contributed by atoms with van der Waals surface area (Å²) in [6.07, 6.45) is 1.41. The van der Waals surface area contributed by atoms with Gasteiger partial charge in [-0.3, -0.25) is 4.79 Å². The van der Waals surface area contributed by atoms with Gasteiger partial charge >= 0.3 is 6.09 Å². The summed E-state index contributed by atoms with van der Waals surface area (Å²) in [5, 5.41) is 3.03. The molecule has 0 aromatic heterocycles. The minimum absolute atomic E-state index is 0.00173. The predicted octanol–water partition coefficient (Wildman–Crippen LogP) is 1.72. The highest BCUT2D eigenvalue weighted by Crippen LogP contribution is 2.34. The maximum absolute atomic E-state index is 11.6. The maximum Gasteiger partial charge on any atom is 0.407 e. The number of hydrogen-bond donors (Lipinski definition) is 3. The van der Waals surface area contributed by atoms with Crippen molar-refractivity contribution in [3.05, 3.63) is 34.3 Å². The molecule has 21 heavy (non-hydrogen) atoms. The smallest absolute Gasteiger partial charge is 0.407 e. The van der Waals surface area contributed by atoms with Gasteiger partial charge in [-0.05, 0) is 37.5 Å². The Balaban J connectivity index is 1.93. The lowest BCUT2D eigenvalue weighted by Crippen LogP contribution is -2.36. The van der Waals surface area contributed by atoms with Gasteiger partial charge in [0.25, 0.3) is 0 Å². The van der Waals surface area contributed by atoms with Gasteiger partial charge in [-0.2, -0.15) is 0 Å². The fourth-order valence-electron chi connectivity index (χ4n) is 1.82. The number of rotatable bonds is 5. The number of ether oxygens (including phenoxy) is 1. The first-order chi connectivity index (χ1) is 9.81. The lowest BCUT2D eigenvalue weighted by atomic mass is 10.0. The van der Waals surface area contributed by atoms with Gasteiger partial charge < -0.3 is 21.5 Å². The number of carbonyl (C=O) groups is 2. The molecule has 6 nitrogen and oxygen atoms in total. The van der Waals surface area contributed by atoms with Crippen LogP contribution in [0, 0.1) is 0 Å². The molecular formula is C14H18ClN3O3. The molecule has 7 heteroatoms. The van der Waals surface area contributed by atoms with E-state index in [4.69, 9.17) is 27.8 Å². The second-order valence-corrected chi connectivity index (χ2v) is 5.90. The molecule has 2 rings (SSSR count). The zero-order valence-electron chi connectivity index (χ0n) is 11.7. The average molecular weight is 312 g/mol. The average Bonchev–Trinajstić information content (AvgIpc) is 3.13. The predicted molar refractivity (Wildman–Crippen MR) is 79.0 cm³/mol. The van der Waals surface area contributed by atoms with E-state index in [1.165, 1.54) is 6.07 Å². The zero-order chi connectivity index (χ0) is 15.6. The van der Waals surface area contributed by atoms with Gasteiger partial charge in [0.2, 0.25) is 5.91 Å². The zero-order valence-corrected chi connectivity index (χ0v) is 12.4. The quantitative estimate of drug-likeness (QED) is 0.769. The molecule has 1 saturated carbocycles. The van der Waals surface area contributed by atoms with Gasteiger partial charge in [-0.1, -0.05) is 17.7 Å². The Hall–Kier alpha value is -1.79. The van der Waals surface area contributed by atoms with Crippen LogP contribution in [0.2, 0.25) is 5.02 Å². The summed E-state index contributed by atoms with van der Waals surface area (Å²) >= 11 is 5.87. The fraction of sp³-hybridized carbons (Fsp3) is 0.429. The molecule has 1 aliphatic rings. The number of nitrogens with one attached hydrogen (secondary N) is 1. The third-order valence-electron chi connectivity index (χ3n) is 3.48. The van der Waals surface area contributed by atoms with Crippen LogP contribution < -0.4 is 16.8 Å². The lowest BCUT2D eigenvalue weighted by Gasteiger charge is -2.16. The number of primary amides is 1. The molecule has 0 bridgehead atoms. The highest BCUT2D eigenvalue weighted by Gasteiger charge is 2.39. The van der Waals surface area contributed by atoms with Gasteiger partial charge in [0.1, 0.15) is 6.61 Å². The molecule has 0 spiro atoms. The Morgan fingerprint density at radius 1 is 1.48 bits per heavy atom. The largest absolute Gasteiger partial charge is 0.448 e. The molecule has 0 unspecified atom stereocenters. The van der Waals surface area contributed by atoms with E-state index >= 15 is 0 Å². The summed E-state index contributed by atoms with van der Waals surface area (Å²) in [5.74, 6) is -0.630. The number of halogens is 1. The molecule has 0 radical (unpaired) electrons. The summed E-state index contributed by atoms with van der Waals surface area (Å²) in [4.78, 5) is 22.8. The molecule has 1 aliphatic carbocycles. The first-order valence-corrected chi connectivity index (χ1v) is 6.98. The summed E-state index contributed by atoms with van der Waals surface area (Å²) in [5.41, 5.74) is 11.8. The van der Waals surface area contributed by atoms with Crippen LogP contribution in [-0.4, -0.2) is 24.1 Å². The van der Waals surface area contributed by atoms with Crippen molar-refractivity contribution in [2.24, 2.45) is 11.5 Å². The van der Waals surface area contributed by atoms with Gasteiger partial charge in [-0.25, -0.2) is 4.79 Å². The molecule has 0 saturated heterocycles. The van der Waals surface area contributed by atoms with Crippen LogP contribution in [0.5, 0.6) is 0 Å². The minimum atomic E-state index is -0.630. The third-order valence-corrected chi connectivity index (χ3v) is 3.81. The number of amides is 2. The van der Waals surface area contributed by atoms with Crippen LogP contribution in [0.25, 0.3) is 0 Å². The van der Waals surface area contributed by atoms with Gasteiger partial charge in [0, 0.05) is 5.54 Å². The van der Waals surface area contributed by atoms with Crippen molar-refractivity contribution in [1.29, 1.82) is 0 Å². The Labute approximate surface area is 127 Å². The standard InChI is InChI=1S/C14H18ClN3O3/c1-14(4-5-14)18-13(20)21-7-11(16)8-2-3-10(15)9(6-8)12(17)19/h2-3,6,11H,4-5,7,16H2,1H3,(H2,17,19)(H,18,20)/t11-/m1/s1. The summed E-state index contributed by atoms with van der Waals surface area (Å²) in [7, 11) is 0. The molecule has 114 valence electrons. The highest BCUT2D eigenvalue weighted by molar-refractivity contribution is 6.33. The van der Waals surface area contributed by atoms with Crippen molar-refractivity contribution in [3.8, 4) is 0 Å². The second kappa shape index (κ2) is 5.91. The minimum Gasteiger partial charge on any atom is -0.448 e. The molecule has 1 atom stereocenters. The van der Waals surface area contributed by atoms with Crippen LogP contribution in [0.3, 0.4) is 0 Å². The highest BCUT2D eigenvalue weighted by atomic mass is 35.5. The monoisotopic (exact) mass is 311 g/mol. The Bertz CT molecular complexity index is 573. The molecule has 1 aromatic carbocycles. The Morgan fingerprint density at radius 3 is 2.71 bits per heavy atom. The van der Waals surface area contributed by atoms with E-state index in [0.717, 1.165) is 12.8 Å². The van der Waals surface area contributed by atoms with Crippen LogP contribution in [-0.2, 0) is 4.74 Å². The number of benzene rings is 1. The Kier molecular flexibility index (Phi) is 4.39. The van der Waals surface area contributed by atoms with Gasteiger partial charge in [0.15, 0.2) is 0 Å². The first kappa shape index (κ1) is 15.6. The van der Waals surface area contributed by atoms with E-state index in [2.05, 4.69) is 5.32 Å². The van der Waals surface area contributed by atoms with Crippen molar-refractivity contribution in [2.45, 2.75) is 31.3 Å². The Morgan fingerprint density at radius 2 is 2.14 bits per heavy atom. The molecule has 0 aliphatic heterocycles. The molecule has 1 aromatic rings. The molecule has 1 fully saturated rings. The molecule has 5 N–H and O–H groups in total. The van der Waals surface area contributed by atoms with E-state index in [9.17, 15) is 9.59 Å². The molecule has 0 heterocycles. The van der Waals surface area contributed by atoms with Crippen LogP contribution >= 0.6 is 11.6 Å². The number of nitrogens with two attached hydrogens (primary N) is 2. The van der Waals surface area contributed by atoms with Crippen LogP contribution in [0.15, 0.2) is 18.2 Å². The second-order valence-electron chi connectivity index (χ2n) is 5.49. The van der Waals surface area contributed by atoms with Crippen molar-refractivity contribution < 1.29 is 14.3 Å². The molecule has 2 amide bonds. The summed E-state index contributed by atoms with van der Waals surface area (Å²) in [6.45, 7) is 1.95. The van der Waals surface area contributed by atoms with Crippen LogP contribution in [0.4, 0.5) is 4.79 Å². The van der Waals surface area contributed by atoms with E-state index in [1.54, 1.807) is 12.1 Å². The topological polar surface area (TPSA) is 107 Å².